The topological polar surface area (TPSA) is 69.2 Å². The smallest absolute Gasteiger partial charge is 0.265 e. The van der Waals surface area contributed by atoms with Gasteiger partial charge in [0.25, 0.3) is 5.91 Å². The number of carbonyl (C=O) groups excluding carboxylic acids is 1. The third-order valence-electron chi connectivity index (χ3n) is 3.54. The number of benzene rings is 2. The van der Waals surface area contributed by atoms with E-state index in [0.717, 1.165) is 23.2 Å². The molecule has 6 nitrogen and oxygen atoms in total. The molecule has 0 spiro atoms. The molecule has 26 heavy (non-hydrogen) atoms. The molecular formula is C20H24N2O4. The van der Waals surface area contributed by atoms with Crippen LogP contribution in [0, 0.1) is 6.92 Å². The predicted molar refractivity (Wildman–Crippen MR) is 102 cm³/mol. The van der Waals surface area contributed by atoms with E-state index in [1.807, 2.05) is 50.2 Å². The number of hydrogen-bond donors (Lipinski definition) is 1. The van der Waals surface area contributed by atoms with Gasteiger partial charge in [-0.3, -0.25) is 4.79 Å². The van der Waals surface area contributed by atoms with Crippen molar-refractivity contribution < 1.29 is 19.1 Å². The maximum absolute atomic E-state index is 11.9. The number of nitrogens with one attached hydrogen (secondary N) is 1. The summed E-state index contributed by atoms with van der Waals surface area (Å²) in [7, 11) is 1.58. The molecule has 0 saturated heterocycles. The Hall–Kier alpha value is -3.02. The molecule has 1 amide bonds. The number of nitrogens with zero attached hydrogens (tertiary/aromatic N) is 1. The van der Waals surface area contributed by atoms with Crippen molar-refractivity contribution in [2.24, 2.45) is 5.16 Å². The van der Waals surface area contributed by atoms with Gasteiger partial charge in [0, 0.05) is 11.3 Å². The van der Waals surface area contributed by atoms with E-state index in [1.165, 1.54) is 6.21 Å². The van der Waals surface area contributed by atoms with E-state index in [0.29, 0.717) is 18.1 Å². The molecule has 0 atom stereocenters. The molecule has 0 bridgehead atoms. The molecule has 1 N–H and O–H groups in total. The molecule has 0 aliphatic carbocycles. The van der Waals surface area contributed by atoms with Gasteiger partial charge >= 0.3 is 0 Å². The summed E-state index contributed by atoms with van der Waals surface area (Å²) in [5.41, 5.74) is 2.53. The Labute approximate surface area is 153 Å². The first-order valence-electron chi connectivity index (χ1n) is 8.45. The summed E-state index contributed by atoms with van der Waals surface area (Å²) in [5, 5.41) is 6.61. The van der Waals surface area contributed by atoms with E-state index < -0.39 is 0 Å². The third-order valence-corrected chi connectivity index (χ3v) is 3.54. The van der Waals surface area contributed by atoms with Crippen molar-refractivity contribution >= 4 is 17.8 Å². The Balaban J connectivity index is 1.86. The molecular weight excluding hydrogens is 332 g/mol. The number of hydrogen-bond acceptors (Lipinski definition) is 5. The number of aryl methyl sites for hydroxylation is 1. The number of methoxy groups -OCH3 is 1. The minimum atomic E-state index is -0.266. The Kier molecular flexibility index (Phi) is 7.49. The van der Waals surface area contributed by atoms with E-state index in [4.69, 9.17) is 14.3 Å². The van der Waals surface area contributed by atoms with Crippen molar-refractivity contribution in [3.8, 4) is 11.5 Å². The normalized spacial score (nSPS) is 10.6. The van der Waals surface area contributed by atoms with E-state index in [-0.39, 0.29) is 12.5 Å². The van der Waals surface area contributed by atoms with E-state index >= 15 is 0 Å². The highest BCUT2D eigenvalue weighted by atomic mass is 16.6. The fourth-order valence-corrected chi connectivity index (χ4v) is 2.19. The van der Waals surface area contributed by atoms with E-state index in [2.05, 4.69) is 10.5 Å². The lowest BCUT2D eigenvalue weighted by Crippen LogP contribution is -2.17. The molecule has 6 heteroatoms. The van der Waals surface area contributed by atoms with E-state index in [9.17, 15) is 4.79 Å². The standard InChI is InChI=1S/C20H24N2O4/c1-4-11-25-18-10-9-16(12-19(18)24-3)13-21-26-14-20(23)22-17-8-6-5-7-15(17)2/h5-10,12-13H,4,11,14H2,1-3H3,(H,22,23). The zero-order valence-corrected chi connectivity index (χ0v) is 15.3. The van der Waals surface area contributed by atoms with Gasteiger partial charge in [0.2, 0.25) is 0 Å². The maximum atomic E-state index is 11.9. The van der Waals surface area contributed by atoms with Crippen LogP contribution in [0.15, 0.2) is 47.6 Å². The van der Waals surface area contributed by atoms with Crippen molar-refractivity contribution in [2.75, 3.05) is 25.6 Å². The Morgan fingerprint density at radius 2 is 2.00 bits per heavy atom. The van der Waals surface area contributed by atoms with Gasteiger partial charge in [0.1, 0.15) is 0 Å². The average Bonchev–Trinajstić information content (AvgIpc) is 2.65. The molecule has 0 unspecified atom stereocenters. The molecule has 138 valence electrons. The summed E-state index contributed by atoms with van der Waals surface area (Å²) in [5.74, 6) is 1.04. The van der Waals surface area contributed by atoms with Crippen LogP contribution in [0.3, 0.4) is 0 Å². The van der Waals surface area contributed by atoms with Crippen LogP contribution in [0.2, 0.25) is 0 Å². The summed E-state index contributed by atoms with van der Waals surface area (Å²) in [6, 6.07) is 13.0. The minimum absolute atomic E-state index is 0.167. The summed E-state index contributed by atoms with van der Waals surface area (Å²) in [6.07, 6.45) is 2.44. The molecule has 0 aromatic heterocycles. The first-order valence-corrected chi connectivity index (χ1v) is 8.45. The van der Waals surface area contributed by atoms with Crippen LogP contribution in [-0.2, 0) is 9.63 Å². The number of rotatable bonds is 9. The largest absolute Gasteiger partial charge is 0.493 e. The average molecular weight is 356 g/mol. The van der Waals surface area contributed by atoms with Crippen LogP contribution in [0.25, 0.3) is 0 Å². The summed E-state index contributed by atoms with van der Waals surface area (Å²) >= 11 is 0. The number of amides is 1. The van der Waals surface area contributed by atoms with Gasteiger partial charge in [-0.15, -0.1) is 0 Å². The third kappa shape index (κ3) is 5.81. The zero-order chi connectivity index (χ0) is 18.8. The lowest BCUT2D eigenvalue weighted by Gasteiger charge is -2.10. The van der Waals surface area contributed by atoms with Gasteiger partial charge < -0.3 is 19.6 Å². The number of para-hydroxylation sites is 1. The second-order valence-electron chi connectivity index (χ2n) is 5.63. The maximum Gasteiger partial charge on any atom is 0.265 e. The molecule has 0 heterocycles. The second-order valence-corrected chi connectivity index (χ2v) is 5.63. The Morgan fingerprint density at radius 1 is 1.19 bits per heavy atom. The summed E-state index contributed by atoms with van der Waals surface area (Å²) < 4.78 is 10.9. The van der Waals surface area contributed by atoms with Crippen LogP contribution >= 0.6 is 0 Å². The van der Waals surface area contributed by atoms with Crippen LogP contribution in [0.1, 0.15) is 24.5 Å². The predicted octanol–water partition coefficient (Wildman–Crippen LogP) is 3.78. The van der Waals surface area contributed by atoms with Crippen molar-refractivity contribution in [1.82, 2.24) is 0 Å². The van der Waals surface area contributed by atoms with Gasteiger partial charge in [-0.1, -0.05) is 30.3 Å². The van der Waals surface area contributed by atoms with Crippen LogP contribution in [-0.4, -0.2) is 32.4 Å². The quantitative estimate of drug-likeness (QED) is 0.548. The van der Waals surface area contributed by atoms with Crippen molar-refractivity contribution in [2.45, 2.75) is 20.3 Å². The van der Waals surface area contributed by atoms with Crippen LogP contribution in [0.5, 0.6) is 11.5 Å². The van der Waals surface area contributed by atoms with Crippen LogP contribution in [0.4, 0.5) is 5.69 Å². The van der Waals surface area contributed by atoms with Gasteiger partial charge in [-0.25, -0.2) is 0 Å². The van der Waals surface area contributed by atoms with Gasteiger partial charge in [0.05, 0.1) is 19.9 Å². The second kappa shape index (κ2) is 10.1. The van der Waals surface area contributed by atoms with Crippen molar-refractivity contribution in [1.29, 1.82) is 0 Å². The SMILES string of the molecule is CCCOc1ccc(C=NOCC(=O)Nc2ccccc2C)cc1OC. The fraction of sp³-hybridized carbons (Fsp3) is 0.300. The monoisotopic (exact) mass is 356 g/mol. The van der Waals surface area contributed by atoms with E-state index in [1.54, 1.807) is 13.2 Å². The fourth-order valence-electron chi connectivity index (χ4n) is 2.19. The summed E-state index contributed by atoms with van der Waals surface area (Å²) in [6.45, 7) is 4.43. The highest BCUT2D eigenvalue weighted by Gasteiger charge is 2.06. The molecule has 0 aliphatic rings. The molecule has 0 radical (unpaired) electrons. The van der Waals surface area contributed by atoms with Gasteiger partial charge in [-0.05, 0) is 43.2 Å². The first-order chi connectivity index (χ1) is 12.6. The van der Waals surface area contributed by atoms with Crippen molar-refractivity contribution in [3.63, 3.8) is 0 Å². The minimum Gasteiger partial charge on any atom is -0.493 e. The molecule has 0 saturated carbocycles. The van der Waals surface area contributed by atoms with Crippen LogP contribution < -0.4 is 14.8 Å². The molecule has 2 rings (SSSR count). The highest BCUT2D eigenvalue weighted by Crippen LogP contribution is 2.27. The molecule has 0 fully saturated rings. The lowest BCUT2D eigenvalue weighted by molar-refractivity contribution is -0.120. The lowest BCUT2D eigenvalue weighted by atomic mass is 10.2. The molecule has 2 aromatic rings. The summed E-state index contributed by atoms with van der Waals surface area (Å²) in [4.78, 5) is 16.9. The number of oxime groups is 1. The Morgan fingerprint density at radius 3 is 2.73 bits per heavy atom. The highest BCUT2D eigenvalue weighted by molar-refractivity contribution is 5.92. The van der Waals surface area contributed by atoms with Crippen molar-refractivity contribution in [3.05, 3.63) is 53.6 Å². The number of anilines is 1. The zero-order valence-electron chi connectivity index (χ0n) is 15.3. The first kappa shape index (κ1) is 19.3. The number of ether oxygens (including phenoxy) is 2. The Bertz CT molecular complexity index is 759. The van der Waals surface area contributed by atoms with Gasteiger partial charge in [-0.2, -0.15) is 0 Å². The molecule has 0 aliphatic heterocycles. The molecule has 2 aromatic carbocycles. The number of carbonyl (C=O) groups is 1. The van der Waals surface area contributed by atoms with Gasteiger partial charge in [0.15, 0.2) is 18.1 Å².